The van der Waals surface area contributed by atoms with E-state index in [4.69, 9.17) is 11.5 Å². The molecule has 98 valence electrons. The zero-order valence-corrected chi connectivity index (χ0v) is 10.4. The van der Waals surface area contributed by atoms with E-state index in [1.807, 2.05) is 24.3 Å². The number of aromatic nitrogens is 2. The monoisotopic (exact) mass is 257 g/mol. The fraction of sp³-hybridized carbons (Fsp3) is 0.154. The van der Waals surface area contributed by atoms with E-state index in [1.165, 1.54) is 6.33 Å². The van der Waals surface area contributed by atoms with Crippen molar-refractivity contribution in [1.82, 2.24) is 9.97 Å². The van der Waals surface area contributed by atoms with Gasteiger partial charge in [-0.3, -0.25) is 4.79 Å². The average molecular weight is 257 g/mol. The SMILES string of the molecule is NC(=O)CN(Cc1cccc(N)c1)c1ccncn1. The van der Waals surface area contributed by atoms with Gasteiger partial charge in [0.2, 0.25) is 5.91 Å². The highest BCUT2D eigenvalue weighted by Crippen LogP contribution is 2.14. The Morgan fingerprint density at radius 2 is 2.16 bits per heavy atom. The van der Waals surface area contributed by atoms with Gasteiger partial charge in [0.15, 0.2) is 0 Å². The number of hydrogen-bond donors (Lipinski definition) is 2. The second kappa shape index (κ2) is 5.81. The van der Waals surface area contributed by atoms with Gasteiger partial charge in [0.05, 0.1) is 6.54 Å². The van der Waals surface area contributed by atoms with Crippen LogP contribution in [0.2, 0.25) is 0 Å². The molecule has 0 saturated carbocycles. The van der Waals surface area contributed by atoms with Gasteiger partial charge in [-0.25, -0.2) is 9.97 Å². The second-order valence-corrected chi connectivity index (χ2v) is 4.13. The second-order valence-electron chi connectivity index (χ2n) is 4.13. The Bertz CT molecular complexity index is 558. The molecule has 4 N–H and O–H groups in total. The van der Waals surface area contributed by atoms with Gasteiger partial charge in [-0.15, -0.1) is 0 Å². The van der Waals surface area contributed by atoms with Crippen molar-refractivity contribution in [3.05, 3.63) is 48.4 Å². The molecule has 0 spiro atoms. The predicted molar refractivity (Wildman–Crippen MR) is 73.1 cm³/mol. The normalized spacial score (nSPS) is 10.1. The van der Waals surface area contributed by atoms with Crippen molar-refractivity contribution in [3.8, 4) is 0 Å². The topological polar surface area (TPSA) is 98.1 Å². The van der Waals surface area contributed by atoms with Crippen molar-refractivity contribution in [1.29, 1.82) is 0 Å². The molecule has 0 bridgehead atoms. The fourth-order valence-corrected chi connectivity index (χ4v) is 1.79. The first-order valence-corrected chi connectivity index (χ1v) is 5.79. The van der Waals surface area contributed by atoms with Gasteiger partial charge in [-0.2, -0.15) is 0 Å². The standard InChI is InChI=1S/C13H15N5O/c14-11-3-1-2-10(6-11)7-18(8-12(15)19)13-4-5-16-9-17-13/h1-6,9H,7-8,14H2,(H2,15,19). The van der Waals surface area contributed by atoms with Crippen molar-refractivity contribution in [2.75, 3.05) is 17.2 Å². The van der Waals surface area contributed by atoms with Crippen LogP contribution in [-0.4, -0.2) is 22.4 Å². The van der Waals surface area contributed by atoms with Crippen molar-refractivity contribution < 1.29 is 4.79 Å². The summed E-state index contributed by atoms with van der Waals surface area (Å²) in [6, 6.07) is 9.20. The van der Waals surface area contributed by atoms with Crippen LogP contribution in [0.1, 0.15) is 5.56 Å². The number of nitrogen functional groups attached to an aromatic ring is 1. The predicted octanol–water partition coefficient (Wildman–Crippen LogP) is 0.551. The Balaban J connectivity index is 2.21. The molecule has 0 aliphatic carbocycles. The van der Waals surface area contributed by atoms with E-state index < -0.39 is 5.91 Å². The maximum atomic E-state index is 11.2. The van der Waals surface area contributed by atoms with Gasteiger partial charge in [-0.1, -0.05) is 12.1 Å². The first-order chi connectivity index (χ1) is 9.15. The molecule has 0 radical (unpaired) electrons. The Labute approximate surface area is 111 Å². The van der Waals surface area contributed by atoms with E-state index in [2.05, 4.69) is 9.97 Å². The molecule has 1 amide bonds. The minimum Gasteiger partial charge on any atom is -0.399 e. The first kappa shape index (κ1) is 12.8. The van der Waals surface area contributed by atoms with Gasteiger partial charge in [0.1, 0.15) is 12.1 Å². The van der Waals surface area contributed by atoms with Crippen LogP contribution >= 0.6 is 0 Å². The number of carbonyl (C=O) groups is 1. The van der Waals surface area contributed by atoms with Crippen molar-refractivity contribution in [2.24, 2.45) is 5.73 Å². The molecule has 2 rings (SSSR count). The number of benzene rings is 1. The maximum absolute atomic E-state index is 11.2. The molecule has 1 aromatic heterocycles. The minimum absolute atomic E-state index is 0.0891. The number of nitrogens with two attached hydrogens (primary N) is 2. The fourth-order valence-electron chi connectivity index (χ4n) is 1.79. The lowest BCUT2D eigenvalue weighted by atomic mass is 10.2. The van der Waals surface area contributed by atoms with Crippen LogP contribution in [0, 0.1) is 0 Å². The highest BCUT2D eigenvalue weighted by molar-refractivity contribution is 5.79. The molecule has 0 saturated heterocycles. The van der Waals surface area contributed by atoms with Crippen LogP contribution in [0.25, 0.3) is 0 Å². The summed E-state index contributed by atoms with van der Waals surface area (Å²) in [6.07, 6.45) is 3.05. The molecule has 1 heterocycles. The van der Waals surface area contributed by atoms with Crippen LogP contribution in [0.3, 0.4) is 0 Å². The molecule has 0 atom stereocenters. The minimum atomic E-state index is -0.414. The molecule has 6 heteroatoms. The lowest BCUT2D eigenvalue weighted by Gasteiger charge is -2.22. The molecule has 2 aromatic rings. The lowest BCUT2D eigenvalue weighted by Crippen LogP contribution is -2.33. The van der Waals surface area contributed by atoms with Crippen molar-refractivity contribution in [2.45, 2.75) is 6.54 Å². The molecule has 19 heavy (non-hydrogen) atoms. The average Bonchev–Trinajstić information content (AvgIpc) is 2.38. The Kier molecular flexibility index (Phi) is 3.92. The summed E-state index contributed by atoms with van der Waals surface area (Å²) in [5.74, 6) is 0.235. The zero-order chi connectivity index (χ0) is 13.7. The summed E-state index contributed by atoms with van der Waals surface area (Å²) in [7, 11) is 0. The largest absolute Gasteiger partial charge is 0.399 e. The van der Waals surface area contributed by atoms with Gasteiger partial charge in [0.25, 0.3) is 0 Å². The summed E-state index contributed by atoms with van der Waals surface area (Å²) in [5.41, 5.74) is 12.7. The molecular weight excluding hydrogens is 242 g/mol. The number of anilines is 2. The Morgan fingerprint density at radius 1 is 1.32 bits per heavy atom. The first-order valence-electron chi connectivity index (χ1n) is 5.79. The third-order valence-electron chi connectivity index (χ3n) is 2.56. The Hall–Kier alpha value is -2.63. The Morgan fingerprint density at radius 3 is 2.79 bits per heavy atom. The van der Waals surface area contributed by atoms with Crippen molar-refractivity contribution in [3.63, 3.8) is 0 Å². The summed E-state index contributed by atoms with van der Waals surface area (Å²) in [5, 5.41) is 0. The zero-order valence-electron chi connectivity index (χ0n) is 10.4. The smallest absolute Gasteiger partial charge is 0.237 e. The third-order valence-corrected chi connectivity index (χ3v) is 2.56. The summed E-state index contributed by atoms with van der Waals surface area (Å²) < 4.78 is 0. The highest BCUT2D eigenvalue weighted by Gasteiger charge is 2.11. The molecule has 1 aromatic carbocycles. The number of hydrogen-bond acceptors (Lipinski definition) is 5. The van der Waals surface area contributed by atoms with Crippen LogP contribution < -0.4 is 16.4 Å². The van der Waals surface area contributed by atoms with E-state index in [0.717, 1.165) is 5.56 Å². The van der Waals surface area contributed by atoms with E-state index in [-0.39, 0.29) is 6.54 Å². The number of nitrogens with zero attached hydrogens (tertiary/aromatic N) is 3. The number of amides is 1. The quantitative estimate of drug-likeness (QED) is 0.762. The third kappa shape index (κ3) is 3.67. The van der Waals surface area contributed by atoms with Gasteiger partial charge < -0.3 is 16.4 Å². The van der Waals surface area contributed by atoms with Crippen LogP contribution in [0.15, 0.2) is 42.9 Å². The van der Waals surface area contributed by atoms with Crippen LogP contribution in [-0.2, 0) is 11.3 Å². The number of rotatable bonds is 5. The van der Waals surface area contributed by atoms with Crippen molar-refractivity contribution >= 4 is 17.4 Å². The molecule has 0 fully saturated rings. The summed E-state index contributed by atoms with van der Waals surface area (Å²) in [6.45, 7) is 0.594. The molecule has 0 aliphatic rings. The molecule has 0 aliphatic heterocycles. The van der Waals surface area contributed by atoms with E-state index in [0.29, 0.717) is 18.1 Å². The molecular formula is C13H15N5O. The molecule has 0 unspecified atom stereocenters. The van der Waals surface area contributed by atoms with Gasteiger partial charge >= 0.3 is 0 Å². The van der Waals surface area contributed by atoms with Gasteiger partial charge in [0, 0.05) is 18.4 Å². The van der Waals surface area contributed by atoms with E-state index >= 15 is 0 Å². The van der Waals surface area contributed by atoms with Crippen LogP contribution in [0.4, 0.5) is 11.5 Å². The lowest BCUT2D eigenvalue weighted by molar-refractivity contribution is -0.116. The van der Waals surface area contributed by atoms with Gasteiger partial charge in [-0.05, 0) is 23.8 Å². The van der Waals surface area contributed by atoms with E-state index in [9.17, 15) is 4.79 Å². The van der Waals surface area contributed by atoms with Crippen LogP contribution in [0.5, 0.6) is 0 Å². The number of primary amides is 1. The summed E-state index contributed by atoms with van der Waals surface area (Å²) in [4.78, 5) is 20.9. The summed E-state index contributed by atoms with van der Waals surface area (Å²) >= 11 is 0. The number of carbonyl (C=O) groups excluding carboxylic acids is 1. The highest BCUT2D eigenvalue weighted by atomic mass is 16.1. The maximum Gasteiger partial charge on any atom is 0.237 e. The van der Waals surface area contributed by atoms with E-state index in [1.54, 1.807) is 17.2 Å². The molecule has 6 nitrogen and oxygen atoms in total.